The Labute approximate surface area is 138 Å². The van der Waals surface area contributed by atoms with Crippen molar-refractivity contribution < 1.29 is 17.6 Å². The second-order valence-electron chi connectivity index (χ2n) is 7.37. The fraction of sp³-hybridized carbons (Fsp3) is 0.556. The second-order valence-corrected chi connectivity index (χ2v) is 12.1. The minimum absolute atomic E-state index is 0.0158. The Morgan fingerprint density at radius 2 is 1.57 bits per heavy atom. The summed E-state index contributed by atoms with van der Waals surface area (Å²) >= 11 is 0. The van der Waals surface area contributed by atoms with Crippen LogP contribution in [0.3, 0.4) is 0 Å². The Morgan fingerprint density at radius 1 is 1.09 bits per heavy atom. The molecule has 2 unspecified atom stereocenters. The molecule has 0 radical (unpaired) electrons. The van der Waals surface area contributed by atoms with Crippen molar-refractivity contribution in [1.82, 2.24) is 0 Å². The highest BCUT2D eigenvalue weighted by molar-refractivity contribution is 6.74. The van der Waals surface area contributed by atoms with Crippen LogP contribution in [0, 0.1) is 12.3 Å². The Bertz CT molecular complexity index is 562. The van der Waals surface area contributed by atoms with Gasteiger partial charge in [0.2, 0.25) is 0 Å². The molecule has 0 aliphatic rings. The standard InChI is InChI=1S/C18H25F3OSi/c1-8-16(22-23(6,7)17(3,4)5)13(2)14-9-11-15(12-10-14)18(19,20)21/h1,9-13,16H,2-7H3. The fourth-order valence-electron chi connectivity index (χ4n) is 1.93. The number of hydrogen-bond donors (Lipinski definition) is 0. The van der Waals surface area contributed by atoms with Crippen LogP contribution in [0.2, 0.25) is 18.1 Å². The predicted octanol–water partition coefficient (Wildman–Crippen LogP) is 5.83. The first kappa shape index (κ1) is 19.8. The lowest BCUT2D eigenvalue weighted by atomic mass is 9.95. The van der Waals surface area contributed by atoms with Gasteiger partial charge in [-0.05, 0) is 35.8 Å². The molecular formula is C18H25F3OSi. The van der Waals surface area contributed by atoms with Crippen molar-refractivity contribution in [1.29, 1.82) is 0 Å². The number of rotatable bonds is 4. The summed E-state index contributed by atoms with van der Waals surface area (Å²) in [6.07, 6.45) is 0.848. The van der Waals surface area contributed by atoms with Gasteiger partial charge in [0.05, 0.1) is 5.56 Å². The molecule has 0 fully saturated rings. The van der Waals surface area contributed by atoms with Gasteiger partial charge in [0, 0.05) is 5.92 Å². The second kappa shape index (κ2) is 6.70. The molecule has 1 aromatic rings. The summed E-state index contributed by atoms with van der Waals surface area (Å²) < 4.78 is 44.2. The molecule has 23 heavy (non-hydrogen) atoms. The molecule has 0 spiro atoms. The largest absolute Gasteiger partial charge is 0.416 e. The third-order valence-corrected chi connectivity index (χ3v) is 9.07. The van der Waals surface area contributed by atoms with Gasteiger partial charge in [0.15, 0.2) is 8.32 Å². The van der Waals surface area contributed by atoms with Crippen LogP contribution in [0.15, 0.2) is 24.3 Å². The summed E-state index contributed by atoms with van der Waals surface area (Å²) in [6.45, 7) is 12.5. The summed E-state index contributed by atoms with van der Waals surface area (Å²) in [4.78, 5) is 0. The average Bonchev–Trinajstić information content (AvgIpc) is 2.42. The van der Waals surface area contributed by atoms with E-state index in [1.54, 1.807) is 0 Å². The third-order valence-electron chi connectivity index (χ3n) is 4.61. The van der Waals surface area contributed by atoms with E-state index >= 15 is 0 Å². The van der Waals surface area contributed by atoms with E-state index in [9.17, 15) is 13.2 Å². The summed E-state index contributed by atoms with van der Waals surface area (Å²) in [5.41, 5.74) is 0.0932. The van der Waals surface area contributed by atoms with E-state index in [1.807, 2.05) is 6.92 Å². The maximum Gasteiger partial charge on any atom is 0.416 e. The van der Waals surface area contributed by atoms with Crippen LogP contribution in [0.1, 0.15) is 44.7 Å². The zero-order valence-corrected chi connectivity index (χ0v) is 15.6. The third kappa shape index (κ3) is 4.86. The SMILES string of the molecule is C#CC(O[Si](C)(C)C(C)(C)C)C(C)c1ccc(C(F)(F)F)cc1. The highest BCUT2D eigenvalue weighted by Gasteiger charge is 2.40. The monoisotopic (exact) mass is 342 g/mol. The normalized spacial score (nSPS) is 15.8. The average molecular weight is 342 g/mol. The van der Waals surface area contributed by atoms with E-state index in [4.69, 9.17) is 10.8 Å². The topological polar surface area (TPSA) is 9.23 Å². The van der Waals surface area contributed by atoms with Crippen LogP contribution in [0.4, 0.5) is 13.2 Å². The molecule has 1 nitrogen and oxygen atoms in total. The van der Waals surface area contributed by atoms with Gasteiger partial charge in [-0.3, -0.25) is 0 Å². The van der Waals surface area contributed by atoms with Gasteiger partial charge in [0.25, 0.3) is 0 Å². The van der Waals surface area contributed by atoms with E-state index in [0.29, 0.717) is 0 Å². The highest BCUT2D eigenvalue weighted by Crippen LogP contribution is 2.39. The minimum Gasteiger partial charge on any atom is -0.403 e. The van der Waals surface area contributed by atoms with Gasteiger partial charge in [0.1, 0.15) is 6.10 Å². The summed E-state index contributed by atoms with van der Waals surface area (Å²) in [7, 11) is -2.05. The van der Waals surface area contributed by atoms with Crippen molar-refractivity contribution in [2.24, 2.45) is 0 Å². The lowest BCUT2D eigenvalue weighted by molar-refractivity contribution is -0.137. The van der Waals surface area contributed by atoms with Crippen molar-refractivity contribution in [3.63, 3.8) is 0 Å². The van der Waals surface area contributed by atoms with Gasteiger partial charge in [-0.15, -0.1) is 6.42 Å². The molecule has 0 heterocycles. The van der Waals surface area contributed by atoms with E-state index in [2.05, 4.69) is 39.8 Å². The van der Waals surface area contributed by atoms with Gasteiger partial charge in [-0.2, -0.15) is 13.2 Å². The van der Waals surface area contributed by atoms with Crippen molar-refractivity contribution in [2.75, 3.05) is 0 Å². The number of hydrogen-bond acceptors (Lipinski definition) is 1. The smallest absolute Gasteiger partial charge is 0.403 e. The van der Waals surface area contributed by atoms with E-state index in [-0.39, 0.29) is 11.0 Å². The summed E-state index contributed by atoms with van der Waals surface area (Å²) in [5.74, 6) is 2.49. The van der Waals surface area contributed by atoms with Crippen molar-refractivity contribution in [3.8, 4) is 12.3 Å². The molecule has 0 N–H and O–H groups in total. The lowest BCUT2D eigenvalue weighted by Crippen LogP contribution is -2.44. The van der Waals surface area contributed by atoms with Crippen molar-refractivity contribution in [3.05, 3.63) is 35.4 Å². The molecule has 0 aromatic heterocycles. The molecule has 0 aliphatic heterocycles. The number of alkyl halides is 3. The first-order valence-electron chi connectivity index (χ1n) is 7.60. The summed E-state index contributed by atoms with van der Waals surface area (Å²) in [5, 5.41) is 0.0158. The molecule has 0 amide bonds. The van der Waals surface area contributed by atoms with Crippen molar-refractivity contribution >= 4 is 8.32 Å². The minimum atomic E-state index is -4.33. The quantitative estimate of drug-likeness (QED) is 0.494. The molecule has 0 saturated heterocycles. The first-order chi connectivity index (χ1) is 10.3. The number of benzene rings is 1. The van der Waals surface area contributed by atoms with E-state index in [1.165, 1.54) is 12.1 Å². The maximum atomic E-state index is 12.6. The zero-order chi connectivity index (χ0) is 18.1. The molecule has 0 bridgehead atoms. The van der Waals surface area contributed by atoms with Crippen LogP contribution in [-0.2, 0) is 10.6 Å². The fourth-order valence-corrected chi connectivity index (χ4v) is 3.19. The van der Waals surface area contributed by atoms with Crippen molar-refractivity contribution in [2.45, 2.75) is 64.0 Å². The molecular weight excluding hydrogens is 317 g/mol. The molecule has 2 atom stereocenters. The molecule has 0 saturated carbocycles. The van der Waals surface area contributed by atoms with Crippen LogP contribution in [-0.4, -0.2) is 14.4 Å². The zero-order valence-electron chi connectivity index (χ0n) is 14.6. The molecule has 1 rings (SSSR count). The van der Waals surface area contributed by atoms with Crippen LogP contribution >= 0.6 is 0 Å². The Balaban J connectivity index is 2.98. The van der Waals surface area contributed by atoms with Gasteiger partial charge in [-0.25, -0.2) is 0 Å². The molecule has 0 aliphatic carbocycles. The maximum absolute atomic E-state index is 12.6. The Hall–Kier alpha value is -1.25. The first-order valence-corrected chi connectivity index (χ1v) is 10.5. The van der Waals surface area contributed by atoms with Crippen LogP contribution < -0.4 is 0 Å². The highest BCUT2D eigenvalue weighted by atomic mass is 28.4. The Kier molecular flexibility index (Phi) is 5.77. The number of halogens is 3. The van der Waals surface area contributed by atoms with Gasteiger partial charge in [-0.1, -0.05) is 45.7 Å². The van der Waals surface area contributed by atoms with E-state index < -0.39 is 26.2 Å². The molecule has 1 aromatic carbocycles. The van der Waals surface area contributed by atoms with Gasteiger partial charge >= 0.3 is 6.18 Å². The lowest BCUT2D eigenvalue weighted by Gasteiger charge is -2.39. The van der Waals surface area contributed by atoms with E-state index in [0.717, 1.165) is 17.7 Å². The van der Waals surface area contributed by atoms with Crippen LogP contribution in [0.25, 0.3) is 0 Å². The van der Waals surface area contributed by atoms with Crippen LogP contribution in [0.5, 0.6) is 0 Å². The number of terminal acetylenes is 1. The summed E-state index contributed by atoms with van der Waals surface area (Å²) in [6, 6.07) is 5.14. The Morgan fingerprint density at radius 3 is 1.91 bits per heavy atom. The molecule has 5 heteroatoms. The van der Waals surface area contributed by atoms with Gasteiger partial charge < -0.3 is 4.43 Å². The molecule has 128 valence electrons. The predicted molar refractivity (Wildman–Crippen MR) is 90.8 cm³/mol.